The lowest BCUT2D eigenvalue weighted by Gasteiger charge is -2.42. The predicted octanol–water partition coefficient (Wildman–Crippen LogP) is 3.51. The van der Waals surface area contributed by atoms with Crippen molar-refractivity contribution in [2.24, 2.45) is 33.5 Å². The Hall–Kier alpha value is -7.11. The maximum atomic E-state index is 14.0. The number of methoxy groups -OCH3 is 1. The van der Waals surface area contributed by atoms with E-state index in [1.165, 1.54) is 32.2 Å². The van der Waals surface area contributed by atoms with Gasteiger partial charge in [-0.3, -0.25) is 14.4 Å². The maximum absolute atomic E-state index is 14.0. The summed E-state index contributed by atoms with van der Waals surface area (Å²) in [5, 5.41) is 70.5. The summed E-state index contributed by atoms with van der Waals surface area (Å²) in [7, 11) is 1.30. The molecule has 2 heterocycles. The molecule has 0 spiro atoms. The van der Waals surface area contributed by atoms with Gasteiger partial charge in [-0.05, 0) is 67.5 Å². The lowest BCUT2D eigenvalue weighted by molar-refractivity contribution is -0.249. The minimum absolute atomic E-state index is 0.0433. The Kier molecular flexibility index (Phi) is 15.0. The Labute approximate surface area is 424 Å². The third-order valence-electron chi connectivity index (χ3n) is 14.8. The van der Waals surface area contributed by atoms with E-state index in [0.717, 1.165) is 23.3 Å². The van der Waals surface area contributed by atoms with Crippen LogP contribution in [0.3, 0.4) is 0 Å². The van der Waals surface area contributed by atoms with Crippen LogP contribution in [0.4, 0.5) is 9.59 Å². The largest absolute Gasteiger partial charge is 0.507 e. The Balaban J connectivity index is 0.818. The molecule has 11 N–H and O–H groups in total. The van der Waals surface area contributed by atoms with E-state index in [4.69, 9.17) is 35.2 Å². The maximum Gasteiger partial charge on any atom is 0.412 e. The number of ether oxygens (including phenoxy) is 5. The van der Waals surface area contributed by atoms with Crippen LogP contribution in [0.25, 0.3) is 0 Å². The fraction of sp³-hybridized carbons (Fsp3) is 0.415. The fourth-order valence-electron chi connectivity index (χ4n) is 10.8. The van der Waals surface area contributed by atoms with Crippen molar-refractivity contribution in [3.05, 3.63) is 117 Å². The van der Waals surface area contributed by atoms with Crippen LogP contribution in [-0.2, 0) is 38.6 Å². The molecule has 21 nitrogen and oxygen atoms in total. The first-order valence-corrected chi connectivity index (χ1v) is 24.4. The van der Waals surface area contributed by atoms with Gasteiger partial charge in [0.2, 0.25) is 5.78 Å². The number of amides is 2. The fourth-order valence-corrected chi connectivity index (χ4v) is 10.8. The molecule has 2 aliphatic heterocycles. The Bertz CT molecular complexity index is 2910. The normalized spacial score (nSPS) is 27.2. The van der Waals surface area contributed by atoms with Crippen molar-refractivity contribution in [2.45, 2.75) is 113 Å². The second-order valence-corrected chi connectivity index (χ2v) is 19.3. The van der Waals surface area contributed by atoms with Crippen molar-refractivity contribution in [1.29, 1.82) is 0 Å². The summed E-state index contributed by atoms with van der Waals surface area (Å²) in [5.41, 5.74) is 11.6. The lowest BCUT2D eigenvalue weighted by atomic mass is 9.72. The van der Waals surface area contributed by atoms with E-state index in [-0.39, 0.29) is 70.7 Å². The topological polar surface area (TPSA) is 333 Å². The number of rotatable bonds is 12. The molecule has 0 bridgehead atoms. The van der Waals surface area contributed by atoms with Crippen LogP contribution in [0.15, 0.2) is 76.9 Å². The summed E-state index contributed by atoms with van der Waals surface area (Å²) in [6.07, 6.45) is -3.62. The van der Waals surface area contributed by atoms with E-state index in [1.54, 1.807) is 24.3 Å². The number of alkyl carbamates (subject to hydrolysis) is 1. The van der Waals surface area contributed by atoms with E-state index in [9.17, 15) is 49.5 Å². The van der Waals surface area contributed by atoms with Gasteiger partial charge in [0, 0.05) is 72.6 Å². The minimum Gasteiger partial charge on any atom is -0.507 e. The van der Waals surface area contributed by atoms with Crippen molar-refractivity contribution in [1.82, 2.24) is 10.6 Å². The number of Topliss-reactive ketones (excluding diaryl/α,β-unsaturated/α-hetero) is 1. The molecule has 10 atom stereocenters. The summed E-state index contributed by atoms with van der Waals surface area (Å²) >= 11 is 0. The van der Waals surface area contributed by atoms with Crippen LogP contribution in [-0.4, -0.2) is 123 Å². The van der Waals surface area contributed by atoms with Crippen LogP contribution >= 0.6 is 0 Å². The molecule has 1 saturated carbocycles. The highest BCUT2D eigenvalue weighted by Gasteiger charge is 2.50. The standard InChI is InChI=1S/C53H58N6O15/c1-25-46(62)36(18-40(72-25)74-38-20-53(69,39(61)23-60)19-33-42(38)50(66)44-43(48(33)64)47(63)32-4-3-5-37(70-2)41(32)49(44)65)58-51(67)71-24-27-8-13-30(14-9-27)73-52(68)57-35-17-15-31-29(12-16-34(35)55)22-56-59-45(31)28-10-6-26(21-54)7-11-28/h3-11,13-14,22,25,29,31,34-36,38,40,46,60,62,64,66,69H,12,15-21,23-24,54-55H2,1-2H3,(H,57,68)(H,58,67). The van der Waals surface area contributed by atoms with Crippen LogP contribution in [0.1, 0.15) is 111 Å². The first kappa shape index (κ1) is 51.8. The molecule has 4 aromatic carbocycles. The SMILES string of the molecule is COc1cccc2c1C(=O)c1c(O)c3c(c(O)c1C2=O)CC(O)(C(=O)CO)CC3OC1CC(NC(=O)OCc2ccc(OC(=O)NC3CCC4C(c5ccc(CN)cc5)=NN=CC4CCC3N)cc2)C(O)C(C)O1. The molecule has 0 aromatic heterocycles. The first-order valence-electron chi connectivity index (χ1n) is 24.4. The third-order valence-corrected chi connectivity index (χ3v) is 14.8. The van der Waals surface area contributed by atoms with E-state index in [2.05, 4.69) is 20.8 Å². The Morgan fingerprint density at radius 2 is 1.59 bits per heavy atom. The van der Waals surface area contributed by atoms with Gasteiger partial charge in [-0.2, -0.15) is 10.2 Å². The molecule has 2 amide bonds. The van der Waals surface area contributed by atoms with Gasteiger partial charge in [0.05, 0.1) is 47.8 Å². The van der Waals surface area contributed by atoms with Gasteiger partial charge in [0.25, 0.3) is 0 Å². The number of aliphatic hydroxyl groups excluding tert-OH is 2. The number of phenols is 2. The average Bonchev–Trinajstić information content (AvgIpc) is 3.40. The zero-order chi connectivity index (χ0) is 52.6. The van der Waals surface area contributed by atoms with E-state index in [1.807, 2.05) is 30.5 Å². The number of aliphatic hydroxyl groups is 3. The van der Waals surface area contributed by atoms with Crippen molar-refractivity contribution < 1.29 is 73.2 Å². The highest BCUT2D eigenvalue weighted by molar-refractivity contribution is 6.31. The monoisotopic (exact) mass is 1020 g/mol. The number of aromatic hydroxyl groups is 2. The molecule has 1 saturated heterocycles. The number of benzene rings is 4. The molecule has 0 radical (unpaired) electrons. The first-order chi connectivity index (χ1) is 35.5. The Morgan fingerprint density at radius 3 is 2.31 bits per heavy atom. The van der Waals surface area contributed by atoms with Gasteiger partial charge in [-0.15, -0.1) is 0 Å². The number of phenolic OH excluding ortho intramolecular Hbond substituents is 2. The van der Waals surface area contributed by atoms with Gasteiger partial charge < -0.3 is 71.3 Å². The van der Waals surface area contributed by atoms with Crippen molar-refractivity contribution in [3.8, 4) is 23.0 Å². The molecule has 2 fully saturated rings. The molecule has 21 heteroatoms. The average molecular weight is 1020 g/mol. The summed E-state index contributed by atoms with van der Waals surface area (Å²) in [6.45, 7) is 0.614. The zero-order valence-electron chi connectivity index (χ0n) is 40.6. The lowest BCUT2D eigenvalue weighted by Crippen LogP contribution is -2.56. The predicted molar refractivity (Wildman–Crippen MR) is 263 cm³/mol. The van der Waals surface area contributed by atoms with E-state index < -0.39 is 108 Å². The number of carbonyl (C=O) groups excluding carboxylic acids is 5. The van der Waals surface area contributed by atoms with Gasteiger partial charge in [0.1, 0.15) is 47.9 Å². The van der Waals surface area contributed by atoms with Gasteiger partial charge in [-0.1, -0.05) is 48.5 Å². The number of hydrogen-bond donors (Lipinski definition) is 9. The number of carbonyl (C=O) groups is 5. The summed E-state index contributed by atoms with van der Waals surface area (Å²) in [5.74, 6) is -3.72. The second-order valence-electron chi connectivity index (χ2n) is 19.3. The molecular weight excluding hydrogens is 961 g/mol. The van der Waals surface area contributed by atoms with Crippen molar-refractivity contribution >= 4 is 41.5 Å². The van der Waals surface area contributed by atoms with Crippen molar-refractivity contribution in [2.75, 3.05) is 13.7 Å². The zero-order valence-corrected chi connectivity index (χ0v) is 40.6. The number of nitrogens with one attached hydrogen (secondary N) is 2. The number of hydrogen-bond acceptors (Lipinski definition) is 19. The number of nitrogens with zero attached hydrogens (tertiary/aromatic N) is 2. The molecular formula is C53H58N6O15. The van der Waals surface area contributed by atoms with Crippen LogP contribution in [0.5, 0.6) is 23.0 Å². The Morgan fingerprint density at radius 1 is 0.878 bits per heavy atom. The summed E-state index contributed by atoms with van der Waals surface area (Å²) < 4.78 is 28.6. The van der Waals surface area contributed by atoms with Gasteiger partial charge in [-0.25, -0.2) is 9.59 Å². The molecule has 4 aromatic rings. The van der Waals surface area contributed by atoms with Crippen LogP contribution in [0.2, 0.25) is 0 Å². The van der Waals surface area contributed by atoms with Crippen molar-refractivity contribution in [3.63, 3.8) is 0 Å². The number of fused-ring (bicyclic) bond motifs is 4. The van der Waals surface area contributed by atoms with E-state index in [0.29, 0.717) is 31.4 Å². The van der Waals surface area contributed by atoms with Crippen LogP contribution in [0, 0.1) is 11.8 Å². The van der Waals surface area contributed by atoms with Gasteiger partial charge >= 0.3 is 12.2 Å². The van der Waals surface area contributed by atoms with Crippen LogP contribution < -0.4 is 31.6 Å². The quantitative estimate of drug-likeness (QED) is 0.0808. The molecule has 390 valence electrons. The second kappa shape index (κ2) is 21.4. The molecule has 5 aliphatic rings. The number of ketones is 3. The highest BCUT2D eigenvalue weighted by Crippen LogP contribution is 2.52. The molecule has 3 aliphatic carbocycles. The van der Waals surface area contributed by atoms with E-state index >= 15 is 0 Å². The highest BCUT2D eigenvalue weighted by atomic mass is 16.7. The molecule has 74 heavy (non-hydrogen) atoms. The smallest absolute Gasteiger partial charge is 0.412 e. The van der Waals surface area contributed by atoms with Gasteiger partial charge in [0.15, 0.2) is 17.9 Å². The summed E-state index contributed by atoms with van der Waals surface area (Å²) in [6, 6.07) is 16.8. The number of nitrogens with two attached hydrogens (primary N) is 2. The third kappa shape index (κ3) is 10.1. The molecule has 9 rings (SSSR count). The summed E-state index contributed by atoms with van der Waals surface area (Å²) in [4.78, 5) is 67.3. The molecule has 10 unspecified atom stereocenters. The minimum atomic E-state index is -2.38.